The summed E-state index contributed by atoms with van der Waals surface area (Å²) in [6.45, 7) is 7.11. The summed E-state index contributed by atoms with van der Waals surface area (Å²) >= 11 is 0. The number of aryl methyl sites for hydroxylation is 2. The minimum Gasteiger partial charge on any atom is -0.484 e. The summed E-state index contributed by atoms with van der Waals surface area (Å²) in [5.74, 6) is 0.765. The van der Waals surface area contributed by atoms with Crippen LogP contribution in [0.4, 0.5) is 5.69 Å². The molecule has 1 N–H and O–H groups in total. The summed E-state index contributed by atoms with van der Waals surface area (Å²) in [7, 11) is -3.49. The number of rotatable bonds is 7. The van der Waals surface area contributed by atoms with E-state index < -0.39 is 10.0 Å². The number of sulfonamides is 1. The Balaban J connectivity index is 1.59. The fourth-order valence-corrected chi connectivity index (χ4v) is 5.08. The number of nitrogens with zero attached hydrogens (tertiary/aromatic N) is 1. The van der Waals surface area contributed by atoms with Gasteiger partial charge in [0, 0.05) is 18.8 Å². The second kappa shape index (κ2) is 9.62. The van der Waals surface area contributed by atoms with Crippen molar-refractivity contribution in [2.45, 2.75) is 44.9 Å². The number of benzene rings is 2. The number of nitrogens with one attached hydrogen (secondary N) is 1. The molecule has 0 bridgehead atoms. The largest absolute Gasteiger partial charge is 0.484 e. The van der Waals surface area contributed by atoms with Crippen molar-refractivity contribution in [3.05, 3.63) is 53.6 Å². The number of hydrogen-bond acceptors (Lipinski definition) is 4. The van der Waals surface area contributed by atoms with Gasteiger partial charge in [-0.15, -0.1) is 0 Å². The first-order valence-electron chi connectivity index (χ1n) is 10.4. The first-order chi connectivity index (χ1) is 14.3. The molecule has 1 aliphatic rings. The van der Waals surface area contributed by atoms with Crippen LogP contribution in [0.15, 0.2) is 47.4 Å². The van der Waals surface area contributed by atoms with Crippen LogP contribution >= 0.6 is 0 Å². The van der Waals surface area contributed by atoms with Gasteiger partial charge in [0.1, 0.15) is 5.75 Å². The molecule has 0 saturated carbocycles. The Morgan fingerprint density at radius 2 is 1.80 bits per heavy atom. The molecule has 1 amide bonds. The zero-order chi connectivity index (χ0) is 21.7. The van der Waals surface area contributed by atoms with Gasteiger partial charge in [0.05, 0.1) is 4.90 Å². The van der Waals surface area contributed by atoms with Crippen LogP contribution in [0.1, 0.15) is 37.8 Å². The maximum atomic E-state index is 12.8. The van der Waals surface area contributed by atoms with E-state index in [1.54, 1.807) is 16.4 Å². The Labute approximate surface area is 179 Å². The van der Waals surface area contributed by atoms with Crippen LogP contribution in [0.25, 0.3) is 0 Å². The third-order valence-electron chi connectivity index (χ3n) is 5.58. The molecule has 1 heterocycles. The summed E-state index contributed by atoms with van der Waals surface area (Å²) in [6, 6.07) is 12.2. The van der Waals surface area contributed by atoms with E-state index in [0.29, 0.717) is 24.8 Å². The Kier molecular flexibility index (Phi) is 7.15. The van der Waals surface area contributed by atoms with E-state index in [9.17, 15) is 13.2 Å². The van der Waals surface area contributed by atoms with Gasteiger partial charge in [0.2, 0.25) is 10.0 Å². The number of carbonyl (C=O) groups excluding carboxylic acids is 1. The van der Waals surface area contributed by atoms with Crippen LogP contribution in [0.3, 0.4) is 0 Å². The molecule has 1 fully saturated rings. The molecule has 0 radical (unpaired) electrons. The molecule has 0 aromatic heterocycles. The lowest BCUT2D eigenvalue weighted by Crippen LogP contribution is -2.37. The normalized spacial score (nSPS) is 15.7. The number of amides is 1. The van der Waals surface area contributed by atoms with Crippen molar-refractivity contribution in [2.75, 3.05) is 25.0 Å². The van der Waals surface area contributed by atoms with Crippen molar-refractivity contribution >= 4 is 21.6 Å². The van der Waals surface area contributed by atoms with Crippen LogP contribution in [-0.4, -0.2) is 38.3 Å². The fourth-order valence-electron chi connectivity index (χ4n) is 3.61. The maximum Gasteiger partial charge on any atom is 0.262 e. The number of anilines is 1. The zero-order valence-corrected chi connectivity index (χ0v) is 18.7. The predicted octanol–water partition coefficient (Wildman–Crippen LogP) is 4.00. The van der Waals surface area contributed by atoms with Crippen molar-refractivity contribution in [1.82, 2.24) is 4.31 Å². The van der Waals surface area contributed by atoms with Gasteiger partial charge in [-0.3, -0.25) is 4.79 Å². The molecular weight excluding hydrogens is 400 g/mol. The number of hydrogen-bond donors (Lipinski definition) is 1. The predicted molar refractivity (Wildman–Crippen MR) is 118 cm³/mol. The number of piperidine rings is 1. The highest BCUT2D eigenvalue weighted by Crippen LogP contribution is 2.25. The number of para-hydroxylation sites is 1. The summed E-state index contributed by atoms with van der Waals surface area (Å²) in [4.78, 5) is 12.6. The topological polar surface area (TPSA) is 75.7 Å². The zero-order valence-electron chi connectivity index (χ0n) is 17.8. The van der Waals surface area contributed by atoms with Crippen LogP contribution in [0.5, 0.6) is 5.75 Å². The molecule has 2 aromatic carbocycles. The van der Waals surface area contributed by atoms with Gasteiger partial charge < -0.3 is 10.1 Å². The molecule has 0 unspecified atom stereocenters. The van der Waals surface area contributed by atoms with Crippen molar-refractivity contribution in [1.29, 1.82) is 0 Å². The molecule has 162 valence electrons. The Morgan fingerprint density at radius 3 is 2.43 bits per heavy atom. The van der Waals surface area contributed by atoms with E-state index in [2.05, 4.69) is 12.2 Å². The van der Waals surface area contributed by atoms with Crippen molar-refractivity contribution in [3.63, 3.8) is 0 Å². The van der Waals surface area contributed by atoms with E-state index >= 15 is 0 Å². The van der Waals surface area contributed by atoms with E-state index in [0.717, 1.165) is 36.1 Å². The minimum atomic E-state index is -3.49. The van der Waals surface area contributed by atoms with Crippen LogP contribution in [-0.2, 0) is 21.2 Å². The Morgan fingerprint density at radius 1 is 1.13 bits per heavy atom. The van der Waals surface area contributed by atoms with Gasteiger partial charge in [0.15, 0.2) is 6.61 Å². The standard InChI is InChI=1S/C23H30N2O4S/c1-4-19-7-5-6-18(3)23(19)24-22(26)16-29-20-8-10-21(11-9-20)30(27,28)25-14-12-17(2)13-15-25/h5-11,17H,4,12-16H2,1-3H3,(H,24,26). The number of ether oxygens (including phenoxy) is 1. The monoisotopic (exact) mass is 430 g/mol. The van der Waals surface area contributed by atoms with Gasteiger partial charge in [-0.05, 0) is 67.5 Å². The molecule has 2 aromatic rings. The van der Waals surface area contributed by atoms with Gasteiger partial charge in [-0.2, -0.15) is 4.31 Å². The lowest BCUT2D eigenvalue weighted by molar-refractivity contribution is -0.118. The summed E-state index contributed by atoms with van der Waals surface area (Å²) < 4.78 is 32.7. The van der Waals surface area contributed by atoms with Crippen molar-refractivity contribution in [3.8, 4) is 5.75 Å². The molecule has 7 heteroatoms. The third kappa shape index (κ3) is 5.21. The molecule has 6 nitrogen and oxygen atoms in total. The first kappa shape index (κ1) is 22.3. The quantitative estimate of drug-likeness (QED) is 0.721. The molecule has 0 atom stereocenters. The van der Waals surface area contributed by atoms with Crippen LogP contribution in [0.2, 0.25) is 0 Å². The van der Waals surface area contributed by atoms with Crippen molar-refractivity contribution < 1.29 is 17.9 Å². The van der Waals surface area contributed by atoms with Crippen molar-refractivity contribution in [2.24, 2.45) is 5.92 Å². The Bertz CT molecular complexity index is 979. The molecule has 0 spiro atoms. The summed E-state index contributed by atoms with van der Waals surface area (Å²) in [5, 5.41) is 2.92. The molecular formula is C23H30N2O4S. The Hall–Kier alpha value is -2.38. The minimum absolute atomic E-state index is 0.145. The lowest BCUT2D eigenvalue weighted by atomic mass is 10.0. The SMILES string of the molecule is CCc1cccc(C)c1NC(=O)COc1ccc(S(=O)(=O)N2CCC(C)CC2)cc1. The first-order valence-corrected chi connectivity index (χ1v) is 11.9. The molecule has 1 saturated heterocycles. The summed E-state index contributed by atoms with van der Waals surface area (Å²) in [6.07, 6.45) is 2.59. The highest BCUT2D eigenvalue weighted by atomic mass is 32.2. The lowest BCUT2D eigenvalue weighted by Gasteiger charge is -2.29. The van der Waals surface area contributed by atoms with Crippen LogP contribution in [0, 0.1) is 12.8 Å². The van der Waals surface area contributed by atoms with Gasteiger partial charge in [-0.25, -0.2) is 8.42 Å². The highest BCUT2D eigenvalue weighted by Gasteiger charge is 2.27. The smallest absolute Gasteiger partial charge is 0.262 e. The average molecular weight is 431 g/mol. The van der Waals surface area contributed by atoms with Crippen LogP contribution < -0.4 is 10.1 Å². The second-order valence-electron chi connectivity index (χ2n) is 7.86. The second-order valence-corrected chi connectivity index (χ2v) is 9.80. The molecule has 1 aliphatic heterocycles. The van der Waals surface area contributed by atoms with E-state index in [4.69, 9.17) is 4.74 Å². The van der Waals surface area contributed by atoms with Gasteiger partial charge in [-0.1, -0.05) is 32.0 Å². The van der Waals surface area contributed by atoms with E-state index in [1.165, 1.54) is 12.1 Å². The maximum absolute atomic E-state index is 12.8. The molecule has 0 aliphatic carbocycles. The van der Waals surface area contributed by atoms with E-state index in [1.807, 2.05) is 32.0 Å². The highest BCUT2D eigenvalue weighted by molar-refractivity contribution is 7.89. The molecule has 30 heavy (non-hydrogen) atoms. The average Bonchev–Trinajstić information content (AvgIpc) is 2.74. The van der Waals surface area contributed by atoms with E-state index in [-0.39, 0.29) is 17.4 Å². The fraction of sp³-hybridized carbons (Fsp3) is 0.435. The third-order valence-corrected chi connectivity index (χ3v) is 7.49. The number of carbonyl (C=O) groups is 1. The van der Waals surface area contributed by atoms with Gasteiger partial charge >= 0.3 is 0 Å². The van der Waals surface area contributed by atoms with Gasteiger partial charge in [0.25, 0.3) is 5.91 Å². The summed E-state index contributed by atoms with van der Waals surface area (Å²) in [5.41, 5.74) is 2.90. The molecule has 3 rings (SSSR count).